The first-order chi connectivity index (χ1) is 27.0. The van der Waals surface area contributed by atoms with Gasteiger partial charge in [0.2, 0.25) is 0 Å². The minimum Gasteiger partial charge on any atom is -0.497 e. The largest absolute Gasteiger partial charge is 0.573 e. The Kier molecular flexibility index (Phi) is 12.3. The normalized spacial score (nSPS) is 10.9. The van der Waals surface area contributed by atoms with E-state index in [1.807, 2.05) is 0 Å². The van der Waals surface area contributed by atoms with Crippen molar-refractivity contribution in [2.45, 2.75) is 20.2 Å². The summed E-state index contributed by atoms with van der Waals surface area (Å²) in [5.74, 6) is -6.81. The number of ether oxygens (including phenoxy) is 2. The maximum Gasteiger partial charge on any atom is 0.573 e. The molecule has 294 valence electrons. The van der Waals surface area contributed by atoms with E-state index in [2.05, 4.69) is 25.3 Å². The van der Waals surface area contributed by atoms with Crippen molar-refractivity contribution < 1.29 is 60.0 Å². The molecule has 6 rings (SSSR count). The van der Waals surface area contributed by atoms with Crippen LogP contribution in [0.2, 0.25) is 0 Å². The van der Waals surface area contributed by atoms with Gasteiger partial charge < -0.3 is 30.3 Å². The molecule has 4 N–H and O–H groups in total. The number of aromatic carboxylic acids is 2. The SMILES string of the molecule is COc1cccc(-c2cc(F)c(Nc3ncccc3C(=O)O)c(F)c2C)c1.Cc1c(-c2cccc(OC(F)(F)F)c2)cc(F)c(Nc2ncccc2C(=O)O)c1F. The highest BCUT2D eigenvalue weighted by atomic mass is 19.4. The summed E-state index contributed by atoms with van der Waals surface area (Å²) in [7, 11) is 1.51. The molecule has 0 spiro atoms. The number of methoxy groups -OCH3 is 1. The highest BCUT2D eigenvalue weighted by molar-refractivity contribution is 5.94. The van der Waals surface area contributed by atoms with E-state index in [1.165, 1.54) is 75.8 Å². The van der Waals surface area contributed by atoms with E-state index in [4.69, 9.17) is 4.74 Å². The predicted molar refractivity (Wildman–Crippen MR) is 195 cm³/mol. The Hall–Kier alpha value is -7.17. The smallest absolute Gasteiger partial charge is 0.497 e. The standard InChI is InChI=1S/C20H13F5N2O3.C20H16F2N2O3/c1-10-14(11-4-2-5-12(8-11)30-20(23,24)25)9-15(21)17(16(10)22)27-18-13(19(28)29)6-3-7-26-18;1-11-15(12-5-3-6-13(9-12)27-2)10-16(21)18(17(11)22)24-19-14(20(25)26)7-4-8-23-19/h2-9H,1H3,(H,26,27)(H,28,29);3-10H,1-2H3,(H,23,24)(H,25,26). The number of rotatable bonds is 10. The summed E-state index contributed by atoms with van der Waals surface area (Å²) >= 11 is 0. The third-order valence-electron chi connectivity index (χ3n) is 8.25. The molecule has 6 aromatic rings. The van der Waals surface area contributed by atoms with E-state index in [9.17, 15) is 50.5 Å². The van der Waals surface area contributed by atoms with E-state index in [0.717, 1.165) is 18.2 Å². The van der Waals surface area contributed by atoms with Crippen LogP contribution in [0.5, 0.6) is 11.5 Å². The summed E-state index contributed by atoms with van der Waals surface area (Å²) in [6, 6.07) is 19.0. The molecule has 17 heteroatoms. The summed E-state index contributed by atoms with van der Waals surface area (Å²) in [6.07, 6.45) is -2.33. The van der Waals surface area contributed by atoms with Crippen molar-refractivity contribution in [1.82, 2.24) is 9.97 Å². The zero-order valence-electron chi connectivity index (χ0n) is 29.8. The lowest BCUT2D eigenvalue weighted by atomic mass is 9.98. The van der Waals surface area contributed by atoms with Crippen LogP contribution in [-0.2, 0) is 0 Å². The third kappa shape index (κ3) is 9.56. The Bertz CT molecular complexity index is 2480. The van der Waals surface area contributed by atoms with E-state index in [1.54, 1.807) is 24.3 Å². The average molecular weight is 795 g/mol. The Labute approximate surface area is 319 Å². The molecule has 0 aliphatic carbocycles. The topological polar surface area (TPSA) is 143 Å². The number of halogens is 7. The molecule has 2 heterocycles. The van der Waals surface area contributed by atoms with Gasteiger partial charge in [0.15, 0.2) is 11.6 Å². The second kappa shape index (κ2) is 17.1. The first-order valence-electron chi connectivity index (χ1n) is 16.4. The number of nitrogens with one attached hydrogen (secondary N) is 2. The molecule has 0 saturated carbocycles. The fourth-order valence-corrected chi connectivity index (χ4v) is 5.51. The molecule has 0 aliphatic heterocycles. The molecule has 57 heavy (non-hydrogen) atoms. The van der Waals surface area contributed by atoms with Crippen LogP contribution >= 0.6 is 0 Å². The van der Waals surface area contributed by atoms with Crippen LogP contribution < -0.4 is 20.1 Å². The Morgan fingerprint density at radius 3 is 1.46 bits per heavy atom. The van der Waals surface area contributed by atoms with Gasteiger partial charge in [0, 0.05) is 12.4 Å². The highest BCUT2D eigenvalue weighted by Gasteiger charge is 2.31. The van der Waals surface area contributed by atoms with Crippen molar-refractivity contribution >= 4 is 34.9 Å². The minimum atomic E-state index is -4.91. The average Bonchev–Trinajstić information content (AvgIpc) is 3.17. The van der Waals surface area contributed by atoms with Crippen LogP contribution in [0.1, 0.15) is 31.8 Å². The number of carboxylic acids is 2. The first-order valence-corrected chi connectivity index (χ1v) is 16.4. The van der Waals surface area contributed by atoms with E-state index >= 15 is 0 Å². The molecule has 0 aliphatic rings. The number of pyridine rings is 2. The fraction of sp³-hybridized carbons (Fsp3) is 0.100. The van der Waals surface area contributed by atoms with E-state index in [0.29, 0.717) is 16.9 Å². The van der Waals surface area contributed by atoms with Gasteiger partial charge in [-0.2, -0.15) is 0 Å². The lowest BCUT2D eigenvalue weighted by Gasteiger charge is -2.15. The maximum absolute atomic E-state index is 14.9. The first kappa shape index (κ1) is 41.0. The summed E-state index contributed by atoms with van der Waals surface area (Å²) in [4.78, 5) is 30.2. The number of benzene rings is 4. The molecule has 10 nitrogen and oxygen atoms in total. The zero-order valence-corrected chi connectivity index (χ0v) is 29.8. The molecule has 0 unspecified atom stereocenters. The van der Waals surface area contributed by atoms with Gasteiger partial charge in [-0.15, -0.1) is 13.2 Å². The van der Waals surface area contributed by atoms with Crippen molar-refractivity contribution in [3.63, 3.8) is 0 Å². The minimum absolute atomic E-state index is 0.00246. The third-order valence-corrected chi connectivity index (χ3v) is 8.25. The van der Waals surface area contributed by atoms with Gasteiger partial charge in [-0.25, -0.2) is 37.1 Å². The second-order valence-electron chi connectivity index (χ2n) is 11.9. The predicted octanol–water partition coefficient (Wildman–Crippen LogP) is 10.5. The van der Waals surface area contributed by atoms with Crippen LogP contribution in [-0.4, -0.2) is 45.6 Å². The fourth-order valence-electron chi connectivity index (χ4n) is 5.51. The van der Waals surface area contributed by atoms with Crippen LogP contribution in [0.25, 0.3) is 22.3 Å². The quantitative estimate of drug-likeness (QED) is 0.0990. The van der Waals surface area contributed by atoms with Crippen LogP contribution in [0.15, 0.2) is 97.3 Å². The molecule has 0 atom stereocenters. The second-order valence-corrected chi connectivity index (χ2v) is 11.9. The molecular formula is C40H29F7N4O6. The van der Waals surface area contributed by atoms with Gasteiger partial charge in [-0.3, -0.25) is 0 Å². The van der Waals surface area contributed by atoms with Crippen molar-refractivity contribution in [3.05, 3.63) is 143 Å². The molecular weight excluding hydrogens is 765 g/mol. The van der Waals surface area contributed by atoms with Crippen molar-refractivity contribution in [2.24, 2.45) is 0 Å². The number of carboxylic acid groups (broad SMARTS) is 2. The summed E-state index contributed by atoms with van der Waals surface area (Å²) in [5, 5.41) is 23.2. The Morgan fingerprint density at radius 2 is 1.05 bits per heavy atom. The number of aromatic nitrogens is 2. The van der Waals surface area contributed by atoms with Gasteiger partial charge in [0.25, 0.3) is 0 Å². The molecule has 0 fully saturated rings. The van der Waals surface area contributed by atoms with E-state index in [-0.39, 0.29) is 45.0 Å². The van der Waals surface area contributed by atoms with Crippen LogP contribution in [0.3, 0.4) is 0 Å². The lowest BCUT2D eigenvalue weighted by molar-refractivity contribution is -0.274. The number of carbonyl (C=O) groups is 2. The van der Waals surface area contributed by atoms with Gasteiger partial charge in [0.05, 0.1) is 7.11 Å². The summed E-state index contributed by atoms with van der Waals surface area (Å²) in [6.45, 7) is 2.83. The number of alkyl halides is 3. The van der Waals surface area contributed by atoms with Crippen molar-refractivity contribution in [1.29, 1.82) is 0 Å². The molecule has 4 aromatic carbocycles. The molecule has 2 aromatic heterocycles. The Balaban J connectivity index is 0.000000219. The van der Waals surface area contributed by atoms with Gasteiger partial charge in [-0.05, 0) is 108 Å². The van der Waals surface area contributed by atoms with E-state index < -0.39 is 58.7 Å². The number of nitrogens with zero attached hydrogens (tertiary/aromatic N) is 2. The van der Waals surface area contributed by atoms with Crippen LogP contribution in [0, 0.1) is 37.1 Å². The number of hydrogen-bond acceptors (Lipinski definition) is 8. The van der Waals surface area contributed by atoms with Gasteiger partial charge in [0.1, 0.15) is 57.3 Å². The highest BCUT2D eigenvalue weighted by Crippen LogP contribution is 2.37. The van der Waals surface area contributed by atoms with Crippen molar-refractivity contribution in [3.8, 4) is 33.8 Å². The zero-order chi connectivity index (χ0) is 41.6. The van der Waals surface area contributed by atoms with Crippen molar-refractivity contribution in [2.75, 3.05) is 17.7 Å². The monoisotopic (exact) mass is 794 g/mol. The molecule has 0 bridgehead atoms. The maximum atomic E-state index is 14.9. The number of hydrogen-bond donors (Lipinski definition) is 4. The molecule has 0 amide bonds. The Morgan fingerprint density at radius 1 is 0.632 bits per heavy atom. The van der Waals surface area contributed by atoms with Gasteiger partial charge >= 0.3 is 18.3 Å². The lowest BCUT2D eigenvalue weighted by Crippen LogP contribution is -2.17. The summed E-state index contributed by atoms with van der Waals surface area (Å²) < 4.78 is 105. The molecule has 0 saturated heterocycles. The number of anilines is 4. The molecule has 0 radical (unpaired) electrons. The van der Waals surface area contributed by atoms with Crippen LogP contribution in [0.4, 0.5) is 53.7 Å². The van der Waals surface area contributed by atoms with Gasteiger partial charge in [-0.1, -0.05) is 24.3 Å². The summed E-state index contributed by atoms with van der Waals surface area (Å²) in [5.41, 5.74) is -0.378.